The number of nitrogens with one attached hydrogen (secondary N) is 1. The largest absolute Gasteiger partial charge is 0.492 e. The second kappa shape index (κ2) is 7.44. The fourth-order valence-corrected chi connectivity index (χ4v) is 5.34. The molecule has 0 unspecified atom stereocenters. The number of halogens is 2. The Bertz CT molecular complexity index is 876. The molecule has 4 rings (SSSR count). The maximum atomic E-state index is 14.4. The quantitative estimate of drug-likeness (QED) is 0.746. The van der Waals surface area contributed by atoms with Gasteiger partial charge < -0.3 is 9.47 Å². The van der Waals surface area contributed by atoms with Crippen LogP contribution < -0.4 is 9.46 Å². The molecule has 1 saturated carbocycles. The molecule has 1 amide bonds. The summed E-state index contributed by atoms with van der Waals surface area (Å²) in [7, 11) is -4.07. The van der Waals surface area contributed by atoms with Gasteiger partial charge in [-0.05, 0) is 24.8 Å². The maximum Gasteiger partial charge on any atom is 0.304 e. The zero-order valence-electron chi connectivity index (χ0n) is 15.2. The number of benzene rings is 1. The summed E-state index contributed by atoms with van der Waals surface area (Å²) in [5.41, 5.74) is -0.859. The smallest absolute Gasteiger partial charge is 0.304 e. The van der Waals surface area contributed by atoms with E-state index in [0.717, 1.165) is 48.5 Å². The fourth-order valence-electron chi connectivity index (χ4n) is 3.84. The van der Waals surface area contributed by atoms with Gasteiger partial charge in [0, 0.05) is 25.6 Å². The summed E-state index contributed by atoms with van der Waals surface area (Å²) in [5.74, 6) is -1.39. The van der Waals surface area contributed by atoms with Gasteiger partial charge in [0.2, 0.25) is 0 Å². The van der Waals surface area contributed by atoms with E-state index in [1.165, 1.54) is 0 Å². The Hall–Kier alpha value is -1.42. The second-order valence-electron chi connectivity index (χ2n) is 7.71. The Morgan fingerprint density at radius 1 is 1.36 bits per heavy atom. The molecule has 0 radical (unpaired) electrons. The first-order valence-electron chi connectivity index (χ1n) is 9.36. The zero-order valence-corrected chi connectivity index (χ0v) is 16.8. The number of carbonyl (C=O) groups is 1. The van der Waals surface area contributed by atoms with E-state index in [4.69, 9.17) is 21.1 Å². The van der Waals surface area contributed by atoms with E-state index in [-0.39, 0.29) is 23.9 Å². The minimum Gasteiger partial charge on any atom is -0.492 e. The van der Waals surface area contributed by atoms with Gasteiger partial charge in [-0.2, -0.15) is 12.7 Å². The molecule has 2 saturated heterocycles. The van der Waals surface area contributed by atoms with Crippen molar-refractivity contribution in [1.29, 1.82) is 0 Å². The molecule has 28 heavy (non-hydrogen) atoms. The molecule has 0 aromatic heterocycles. The summed E-state index contributed by atoms with van der Waals surface area (Å²) in [6.45, 7) is 1.43. The van der Waals surface area contributed by atoms with Crippen LogP contribution in [0.1, 0.15) is 42.5 Å². The number of hydrogen-bond acceptors (Lipinski definition) is 5. The van der Waals surface area contributed by atoms with Crippen molar-refractivity contribution >= 4 is 27.7 Å². The number of amides is 1. The topological polar surface area (TPSA) is 84.9 Å². The van der Waals surface area contributed by atoms with Gasteiger partial charge in [-0.3, -0.25) is 4.79 Å². The van der Waals surface area contributed by atoms with Gasteiger partial charge in [0.25, 0.3) is 5.91 Å². The molecular formula is C18H22ClFN2O5S. The van der Waals surface area contributed by atoms with E-state index >= 15 is 0 Å². The van der Waals surface area contributed by atoms with Crippen LogP contribution in [0.25, 0.3) is 0 Å². The van der Waals surface area contributed by atoms with Crippen molar-refractivity contribution in [3.8, 4) is 5.75 Å². The van der Waals surface area contributed by atoms with E-state index in [9.17, 15) is 17.6 Å². The number of rotatable bonds is 6. The van der Waals surface area contributed by atoms with Crippen LogP contribution in [0.5, 0.6) is 5.75 Å². The lowest BCUT2D eigenvalue weighted by Crippen LogP contribution is -2.70. The van der Waals surface area contributed by atoms with Gasteiger partial charge in [-0.25, -0.2) is 9.11 Å². The van der Waals surface area contributed by atoms with Crippen LogP contribution in [0.15, 0.2) is 12.1 Å². The molecule has 2 heterocycles. The average Bonchev–Trinajstić information content (AvgIpc) is 3.05. The molecule has 1 aliphatic carbocycles. The fraction of sp³-hybridized carbons (Fsp3) is 0.611. The van der Waals surface area contributed by atoms with Gasteiger partial charge >= 0.3 is 10.2 Å². The SMILES string of the molecule is O=C(NS(=O)(=O)N1CC2(CCO2)C1)c1cc(Cl)c(OCC2CCCC2)cc1F. The van der Waals surface area contributed by atoms with Crippen LogP contribution in [0, 0.1) is 11.7 Å². The molecule has 0 atom stereocenters. The third-order valence-corrected chi connectivity index (χ3v) is 7.35. The van der Waals surface area contributed by atoms with Gasteiger partial charge in [0.15, 0.2) is 0 Å². The van der Waals surface area contributed by atoms with E-state index in [0.29, 0.717) is 19.1 Å². The van der Waals surface area contributed by atoms with Crippen LogP contribution in [0.3, 0.4) is 0 Å². The van der Waals surface area contributed by atoms with Crippen LogP contribution in [0.2, 0.25) is 5.02 Å². The van der Waals surface area contributed by atoms with Crippen molar-refractivity contribution in [2.24, 2.45) is 5.92 Å². The molecule has 1 aromatic carbocycles. The highest BCUT2D eigenvalue weighted by Gasteiger charge is 2.53. The Morgan fingerprint density at radius 3 is 2.64 bits per heavy atom. The lowest BCUT2D eigenvalue weighted by Gasteiger charge is -2.53. The third-order valence-electron chi connectivity index (χ3n) is 5.67. The number of nitrogens with zero attached hydrogens (tertiary/aromatic N) is 1. The van der Waals surface area contributed by atoms with Crippen LogP contribution >= 0.6 is 11.6 Å². The van der Waals surface area contributed by atoms with Crippen molar-refractivity contribution < 1.29 is 27.1 Å². The highest BCUT2D eigenvalue weighted by atomic mass is 35.5. The highest BCUT2D eigenvalue weighted by Crippen LogP contribution is 2.37. The third kappa shape index (κ3) is 3.85. The molecule has 0 bridgehead atoms. The molecule has 7 nitrogen and oxygen atoms in total. The summed E-state index contributed by atoms with van der Waals surface area (Å²) in [5, 5.41) is 0.0627. The summed E-state index contributed by atoms with van der Waals surface area (Å²) < 4.78 is 53.0. The average molecular weight is 433 g/mol. The molecule has 3 aliphatic rings. The second-order valence-corrected chi connectivity index (χ2v) is 9.79. The Balaban J connectivity index is 1.40. The van der Waals surface area contributed by atoms with E-state index < -0.39 is 33.1 Å². The van der Waals surface area contributed by atoms with Crippen LogP contribution in [-0.4, -0.2) is 50.5 Å². The van der Waals surface area contributed by atoms with Crippen LogP contribution in [-0.2, 0) is 14.9 Å². The maximum absolute atomic E-state index is 14.4. The Labute approximate surface area is 168 Å². The number of ether oxygens (including phenoxy) is 2. The molecule has 1 spiro atoms. The van der Waals surface area contributed by atoms with E-state index in [1.807, 2.05) is 4.72 Å². The van der Waals surface area contributed by atoms with Gasteiger partial charge in [-0.1, -0.05) is 24.4 Å². The minimum atomic E-state index is -4.07. The lowest BCUT2D eigenvalue weighted by atomic mass is 9.89. The Kier molecular flexibility index (Phi) is 5.28. The molecule has 154 valence electrons. The van der Waals surface area contributed by atoms with Crippen molar-refractivity contribution in [2.75, 3.05) is 26.3 Å². The summed E-state index contributed by atoms with van der Waals surface area (Å²) >= 11 is 6.12. The zero-order chi connectivity index (χ0) is 19.9. The Morgan fingerprint density at radius 2 is 2.04 bits per heavy atom. The standard InChI is InChI=1S/C18H22ClFN2O5S/c19-14-7-13(15(20)8-16(14)26-9-12-3-1-2-4-12)17(23)21-28(24,25)22-10-18(11-22)5-6-27-18/h7-8,12H,1-6,9-11H2,(H,21,23). The number of carbonyl (C=O) groups excluding carboxylic acids is 1. The first kappa shape index (κ1) is 19.9. The molecule has 10 heteroatoms. The molecule has 1 aromatic rings. The van der Waals surface area contributed by atoms with Crippen molar-refractivity contribution in [3.05, 3.63) is 28.5 Å². The first-order chi connectivity index (χ1) is 13.3. The molecule has 2 aliphatic heterocycles. The molecular weight excluding hydrogens is 411 g/mol. The number of hydrogen-bond donors (Lipinski definition) is 1. The lowest BCUT2D eigenvalue weighted by molar-refractivity contribution is -0.201. The van der Waals surface area contributed by atoms with Crippen LogP contribution in [0.4, 0.5) is 4.39 Å². The first-order valence-corrected chi connectivity index (χ1v) is 11.2. The van der Waals surface area contributed by atoms with Crippen molar-refractivity contribution in [2.45, 2.75) is 37.7 Å². The highest BCUT2D eigenvalue weighted by molar-refractivity contribution is 7.87. The van der Waals surface area contributed by atoms with E-state index in [1.54, 1.807) is 0 Å². The normalized spacial score (nSPS) is 21.9. The predicted octanol–water partition coefficient (Wildman–Crippen LogP) is 2.50. The predicted molar refractivity (Wildman–Crippen MR) is 100 cm³/mol. The summed E-state index contributed by atoms with van der Waals surface area (Å²) in [4.78, 5) is 12.3. The van der Waals surface area contributed by atoms with Gasteiger partial charge in [0.1, 0.15) is 11.6 Å². The van der Waals surface area contributed by atoms with Crippen molar-refractivity contribution in [3.63, 3.8) is 0 Å². The monoisotopic (exact) mass is 432 g/mol. The minimum absolute atomic E-state index is 0.0627. The molecule has 1 N–H and O–H groups in total. The van der Waals surface area contributed by atoms with Gasteiger partial charge in [0.05, 0.1) is 29.4 Å². The van der Waals surface area contributed by atoms with Gasteiger partial charge in [-0.15, -0.1) is 0 Å². The van der Waals surface area contributed by atoms with E-state index in [2.05, 4.69) is 0 Å². The summed E-state index contributed by atoms with van der Waals surface area (Å²) in [6.07, 6.45) is 5.25. The molecule has 3 fully saturated rings. The van der Waals surface area contributed by atoms with Crippen molar-refractivity contribution in [1.82, 2.24) is 9.03 Å². The summed E-state index contributed by atoms with van der Waals surface area (Å²) in [6, 6.07) is 2.12.